The summed E-state index contributed by atoms with van der Waals surface area (Å²) in [5.74, 6) is 1.17. The number of anilines is 1. The quantitative estimate of drug-likeness (QED) is 0.756. The van der Waals surface area contributed by atoms with Crippen LogP contribution in [0.4, 0.5) is 6.01 Å². The third-order valence-electron chi connectivity index (χ3n) is 2.94. The molecule has 15 heavy (non-hydrogen) atoms. The molecule has 1 aromatic heterocycles. The maximum Gasteiger partial charge on any atom is 0.452 e. The zero-order chi connectivity index (χ0) is 10.8. The molecule has 4 heteroatoms. The average Bonchev–Trinajstić information content (AvgIpc) is 2.55. The number of aromatic nitrogens is 1. The summed E-state index contributed by atoms with van der Waals surface area (Å²) in [6, 6.07) is 0.378. The summed E-state index contributed by atoms with van der Waals surface area (Å²) in [5, 5.41) is 0. The topological polar surface area (TPSA) is 60.1 Å². The van der Waals surface area contributed by atoms with Crippen LogP contribution in [0.5, 0.6) is 0 Å². The summed E-state index contributed by atoms with van der Waals surface area (Å²) in [5.41, 5.74) is 6.89. The average molecular weight is 209 g/mol. The molecule has 4 nitrogen and oxygen atoms in total. The molecule has 0 aromatic carbocycles. The molecule has 0 saturated heterocycles. The van der Waals surface area contributed by atoms with E-state index in [1.807, 2.05) is 11.5 Å². The fourth-order valence-corrected chi connectivity index (χ4v) is 2.03. The number of nitrogens with zero attached hydrogens (tertiary/aromatic N) is 1. The Hall–Kier alpha value is -1.32. The van der Waals surface area contributed by atoms with Gasteiger partial charge in [0, 0.05) is 19.3 Å². The molecular weight excluding hydrogens is 192 g/mol. The van der Waals surface area contributed by atoms with Crippen molar-refractivity contribution >= 4 is 11.8 Å². The van der Waals surface area contributed by atoms with Crippen LogP contribution in [0.25, 0.3) is 0 Å². The molecule has 0 aliphatic heterocycles. The number of nitrogen functional groups attached to an aromatic ring is 1. The lowest BCUT2D eigenvalue weighted by atomic mass is 10.0. The summed E-state index contributed by atoms with van der Waals surface area (Å²) < 4.78 is 7.30. The van der Waals surface area contributed by atoms with Gasteiger partial charge in [-0.2, -0.15) is 4.57 Å². The molecule has 82 valence electrons. The molecule has 1 aliphatic rings. The highest BCUT2D eigenvalue weighted by atomic mass is 16.4. The van der Waals surface area contributed by atoms with E-state index < -0.39 is 0 Å². The van der Waals surface area contributed by atoms with Crippen LogP contribution >= 0.6 is 0 Å². The number of carbonyl (C=O) groups excluding carboxylic acids is 1. The van der Waals surface area contributed by atoms with Gasteiger partial charge in [0.15, 0.2) is 18.1 Å². The van der Waals surface area contributed by atoms with Gasteiger partial charge < -0.3 is 4.42 Å². The predicted octanol–water partition coefficient (Wildman–Crippen LogP) is 1.01. The Kier molecular flexibility index (Phi) is 2.75. The molecule has 1 aliphatic carbocycles. The Morgan fingerprint density at radius 3 is 2.93 bits per heavy atom. The highest BCUT2D eigenvalue weighted by molar-refractivity contribution is 5.76. The fraction of sp³-hybridized carbons (Fsp3) is 0.636. The monoisotopic (exact) mass is 209 g/mol. The Bertz CT molecular complexity index is 382. The number of oxazole rings is 1. The molecule has 1 aromatic rings. The number of fused-ring (bicyclic) bond motifs is 1. The first-order valence-electron chi connectivity index (χ1n) is 5.54. The van der Waals surface area contributed by atoms with E-state index in [1.165, 1.54) is 0 Å². The molecule has 2 rings (SSSR count). The van der Waals surface area contributed by atoms with Crippen LogP contribution < -0.4 is 10.3 Å². The van der Waals surface area contributed by atoms with Crippen molar-refractivity contribution in [3.8, 4) is 0 Å². The third-order valence-corrected chi connectivity index (χ3v) is 2.94. The van der Waals surface area contributed by atoms with E-state index in [9.17, 15) is 4.79 Å². The van der Waals surface area contributed by atoms with Crippen molar-refractivity contribution in [2.75, 3.05) is 5.73 Å². The normalized spacial score (nSPS) is 15.0. The van der Waals surface area contributed by atoms with Crippen LogP contribution in [0.3, 0.4) is 0 Å². The number of carbonyl (C=O) groups is 1. The number of hydrogen-bond donors (Lipinski definition) is 1. The zero-order valence-corrected chi connectivity index (χ0v) is 9.08. The summed E-state index contributed by atoms with van der Waals surface area (Å²) >= 11 is 0. The minimum atomic E-state index is 0.195. The summed E-state index contributed by atoms with van der Waals surface area (Å²) in [7, 11) is 0. The summed E-state index contributed by atoms with van der Waals surface area (Å²) in [6.07, 6.45) is 4.79. The maximum atomic E-state index is 11.4. The number of nitrogens with two attached hydrogens (primary N) is 1. The number of rotatable bonds is 3. The number of aryl methyl sites for hydroxylation is 1. The Balaban J connectivity index is 2.29. The molecule has 0 atom stereocenters. The minimum absolute atomic E-state index is 0.195. The predicted molar refractivity (Wildman–Crippen MR) is 55.3 cm³/mol. The molecular formula is C11H17N2O2+. The van der Waals surface area contributed by atoms with Crippen molar-refractivity contribution < 1.29 is 13.8 Å². The smallest absolute Gasteiger partial charge is 0.393 e. The van der Waals surface area contributed by atoms with Gasteiger partial charge >= 0.3 is 6.01 Å². The third kappa shape index (κ3) is 1.89. The molecule has 0 amide bonds. The largest absolute Gasteiger partial charge is 0.452 e. The van der Waals surface area contributed by atoms with Crippen LogP contribution in [0.15, 0.2) is 4.42 Å². The van der Waals surface area contributed by atoms with Gasteiger partial charge in [0.1, 0.15) is 5.69 Å². The molecule has 0 radical (unpaired) electrons. The Morgan fingerprint density at radius 2 is 2.20 bits per heavy atom. The second-order valence-corrected chi connectivity index (χ2v) is 4.00. The Labute approximate surface area is 89.1 Å². The molecule has 0 unspecified atom stereocenters. The first-order valence-corrected chi connectivity index (χ1v) is 5.54. The summed E-state index contributed by atoms with van der Waals surface area (Å²) in [6.45, 7) is 2.23. The van der Waals surface area contributed by atoms with Crippen molar-refractivity contribution in [1.29, 1.82) is 0 Å². The SMILES string of the molecule is CCC(=O)C[n+]1c(N)oc2c1CCCC2. The van der Waals surface area contributed by atoms with Crippen LogP contribution in [-0.4, -0.2) is 5.78 Å². The van der Waals surface area contributed by atoms with Gasteiger partial charge in [0.2, 0.25) is 0 Å². The van der Waals surface area contributed by atoms with Crippen LogP contribution in [-0.2, 0) is 24.2 Å². The van der Waals surface area contributed by atoms with Crippen molar-refractivity contribution in [3.05, 3.63) is 11.5 Å². The van der Waals surface area contributed by atoms with E-state index >= 15 is 0 Å². The molecule has 2 N–H and O–H groups in total. The van der Waals surface area contributed by atoms with E-state index in [4.69, 9.17) is 10.2 Å². The van der Waals surface area contributed by atoms with Crippen LogP contribution in [0.1, 0.15) is 37.6 Å². The molecule has 0 bridgehead atoms. The second kappa shape index (κ2) is 4.04. The van der Waals surface area contributed by atoms with Gasteiger partial charge in [-0.25, -0.2) is 0 Å². The number of Topliss-reactive ketones (excluding diaryl/α,β-unsaturated/α-hetero) is 1. The zero-order valence-electron chi connectivity index (χ0n) is 9.08. The summed E-state index contributed by atoms with van der Waals surface area (Å²) in [4.78, 5) is 11.4. The first-order chi connectivity index (χ1) is 7.22. The van der Waals surface area contributed by atoms with E-state index in [0.717, 1.165) is 37.1 Å². The van der Waals surface area contributed by atoms with E-state index in [1.54, 1.807) is 0 Å². The highest BCUT2D eigenvalue weighted by Gasteiger charge is 2.26. The van der Waals surface area contributed by atoms with Gasteiger partial charge in [-0.05, 0) is 12.8 Å². The molecule has 0 fully saturated rings. The van der Waals surface area contributed by atoms with Gasteiger partial charge in [-0.1, -0.05) is 6.92 Å². The van der Waals surface area contributed by atoms with Crippen LogP contribution in [0, 0.1) is 0 Å². The fourth-order valence-electron chi connectivity index (χ4n) is 2.03. The van der Waals surface area contributed by atoms with E-state index in [2.05, 4.69) is 0 Å². The van der Waals surface area contributed by atoms with Crippen molar-refractivity contribution in [2.24, 2.45) is 0 Å². The van der Waals surface area contributed by atoms with E-state index in [0.29, 0.717) is 19.0 Å². The first kappa shape index (κ1) is 10.2. The van der Waals surface area contributed by atoms with Gasteiger partial charge in [0.25, 0.3) is 0 Å². The van der Waals surface area contributed by atoms with Gasteiger partial charge in [0.05, 0.1) is 0 Å². The van der Waals surface area contributed by atoms with Gasteiger partial charge in [-0.3, -0.25) is 10.5 Å². The number of ketones is 1. The maximum absolute atomic E-state index is 11.4. The second-order valence-electron chi connectivity index (χ2n) is 4.00. The molecule has 0 saturated carbocycles. The van der Waals surface area contributed by atoms with Crippen molar-refractivity contribution in [2.45, 2.75) is 45.6 Å². The lowest BCUT2D eigenvalue weighted by molar-refractivity contribution is -0.679. The standard InChI is InChI=1S/C11H16N2O2/c1-2-8(14)7-13-9-5-3-4-6-10(9)15-11(13)12/h12H,2-7H2,1H3/p+1. The van der Waals surface area contributed by atoms with Crippen molar-refractivity contribution in [3.63, 3.8) is 0 Å². The number of hydrogen-bond acceptors (Lipinski definition) is 3. The molecule has 0 spiro atoms. The van der Waals surface area contributed by atoms with Gasteiger partial charge in [-0.15, -0.1) is 0 Å². The lowest BCUT2D eigenvalue weighted by Crippen LogP contribution is -2.42. The highest BCUT2D eigenvalue weighted by Crippen LogP contribution is 2.21. The van der Waals surface area contributed by atoms with Crippen molar-refractivity contribution in [1.82, 2.24) is 0 Å². The lowest BCUT2D eigenvalue weighted by Gasteiger charge is -2.07. The minimum Gasteiger partial charge on any atom is -0.393 e. The van der Waals surface area contributed by atoms with E-state index in [-0.39, 0.29) is 5.78 Å². The molecule has 1 heterocycles. The van der Waals surface area contributed by atoms with Crippen LogP contribution in [0.2, 0.25) is 0 Å². The Morgan fingerprint density at radius 1 is 1.47 bits per heavy atom.